The van der Waals surface area contributed by atoms with Crippen LogP contribution in [0.2, 0.25) is 0 Å². The first-order valence-electron chi connectivity index (χ1n) is 5.99. The Kier molecular flexibility index (Phi) is 3.79. The van der Waals surface area contributed by atoms with Crippen LogP contribution in [0.15, 0.2) is 0 Å². The lowest BCUT2D eigenvalue weighted by molar-refractivity contribution is 0.0791. The first kappa shape index (κ1) is 12.5. The average Bonchev–Trinajstić information content (AvgIpc) is 2.85. The number of rotatable bonds is 3. The SMILES string of the molecule is CNCC1CCN(C(=O)c2sc(C)nc2C)C1. The largest absolute Gasteiger partial charge is 0.338 e. The van der Waals surface area contributed by atoms with Gasteiger partial charge in [-0.15, -0.1) is 11.3 Å². The first-order valence-corrected chi connectivity index (χ1v) is 6.81. The highest BCUT2D eigenvalue weighted by Crippen LogP contribution is 2.23. The fourth-order valence-electron chi connectivity index (χ4n) is 2.35. The topological polar surface area (TPSA) is 45.2 Å². The smallest absolute Gasteiger partial charge is 0.265 e. The number of aromatic nitrogens is 1. The van der Waals surface area contributed by atoms with Gasteiger partial charge in [-0.25, -0.2) is 4.98 Å². The molecule has 4 nitrogen and oxygen atoms in total. The molecule has 0 aliphatic carbocycles. The van der Waals surface area contributed by atoms with Crippen molar-refractivity contribution in [2.24, 2.45) is 5.92 Å². The fraction of sp³-hybridized carbons (Fsp3) is 0.667. The Balaban J connectivity index is 2.04. The van der Waals surface area contributed by atoms with Gasteiger partial charge in [-0.05, 0) is 39.8 Å². The first-order chi connectivity index (χ1) is 8.11. The molecule has 1 aromatic heterocycles. The van der Waals surface area contributed by atoms with Crippen molar-refractivity contribution in [1.82, 2.24) is 15.2 Å². The van der Waals surface area contributed by atoms with Crippen LogP contribution in [0.4, 0.5) is 0 Å². The minimum Gasteiger partial charge on any atom is -0.338 e. The third-order valence-electron chi connectivity index (χ3n) is 3.16. The van der Waals surface area contributed by atoms with E-state index in [0.717, 1.165) is 41.6 Å². The summed E-state index contributed by atoms with van der Waals surface area (Å²) in [6, 6.07) is 0. The van der Waals surface area contributed by atoms with E-state index in [1.807, 2.05) is 25.8 Å². The number of likely N-dealkylation sites (tertiary alicyclic amines) is 1. The third kappa shape index (κ3) is 2.66. The molecule has 1 aromatic rings. The van der Waals surface area contributed by atoms with Crippen molar-refractivity contribution < 1.29 is 4.79 Å². The number of hydrogen-bond donors (Lipinski definition) is 1. The predicted molar refractivity (Wildman–Crippen MR) is 69.5 cm³/mol. The van der Waals surface area contributed by atoms with Gasteiger partial charge >= 0.3 is 0 Å². The van der Waals surface area contributed by atoms with Crippen LogP contribution in [0.1, 0.15) is 26.8 Å². The zero-order valence-electron chi connectivity index (χ0n) is 10.6. The molecule has 5 heteroatoms. The Bertz CT molecular complexity index is 416. The molecule has 1 fully saturated rings. The summed E-state index contributed by atoms with van der Waals surface area (Å²) in [6.07, 6.45) is 1.10. The third-order valence-corrected chi connectivity index (χ3v) is 4.22. The number of carbonyl (C=O) groups excluding carboxylic acids is 1. The maximum atomic E-state index is 12.3. The second-order valence-electron chi connectivity index (χ2n) is 4.61. The van der Waals surface area contributed by atoms with Gasteiger partial charge in [0.1, 0.15) is 4.88 Å². The maximum Gasteiger partial charge on any atom is 0.265 e. The molecule has 1 atom stereocenters. The van der Waals surface area contributed by atoms with Gasteiger partial charge in [-0.3, -0.25) is 4.79 Å². The van der Waals surface area contributed by atoms with Gasteiger partial charge in [0.25, 0.3) is 5.91 Å². The number of aryl methyl sites for hydroxylation is 2. The van der Waals surface area contributed by atoms with Gasteiger partial charge in [0, 0.05) is 13.1 Å². The van der Waals surface area contributed by atoms with Crippen LogP contribution in [0.3, 0.4) is 0 Å². The summed E-state index contributed by atoms with van der Waals surface area (Å²) in [5.41, 5.74) is 0.870. The van der Waals surface area contributed by atoms with E-state index >= 15 is 0 Å². The lowest BCUT2D eigenvalue weighted by Gasteiger charge is -2.15. The van der Waals surface area contributed by atoms with E-state index in [0.29, 0.717) is 5.92 Å². The summed E-state index contributed by atoms with van der Waals surface area (Å²) in [4.78, 5) is 19.4. The van der Waals surface area contributed by atoms with Gasteiger partial charge in [-0.2, -0.15) is 0 Å². The normalized spacial score (nSPS) is 19.9. The van der Waals surface area contributed by atoms with Gasteiger partial charge in [0.05, 0.1) is 10.7 Å². The molecule has 0 radical (unpaired) electrons. The van der Waals surface area contributed by atoms with Crippen molar-refractivity contribution in [1.29, 1.82) is 0 Å². The van der Waals surface area contributed by atoms with E-state index < -0.39 is 0 Å². The summed E-state index contributed by atoms with van der Waals surface area (Å²) < 4.78 is 0. The zero-order chi connectivity index (χ0) is 12.4. The fourth-order valence-corrected chi connectivity index (χ4v) is 3.23. The van der Waals surface area contributed by atoms with Crippen LogP contribution in [0, 0.1) is 19.8 Å². The molecule has 1 amide bonds. The van der Waals surface area contributed by atoms with Crippen molar-refractivity contribution in [3.05, 3.63) is 15.6 Å². The molecule has 17 heavy (non-hydrogen) atoms. The molecule has 1 aliphatic rings. The molecule has 1 unspecified atom stereocenters. The molecular weight excluding hydrogens is 234 g/mol. The van der Waals surface area contributed by atoms with Crippen LogP contribution >= 0.6 is 11.3 Å². The van der Waals surface area contributed by atoms with E-state index in [1.54, 1.807) is 0 Å². The van der Waals surface area contributed by atoms with Crippen molar-refractivity contribution in [3.63, 3.8) is 0 Å². The Hall–Kier alpha value is -0.940. The molecule has 2 heterocycles. The average molecular weight is 253 g/mol. The Labute approximate surface area is 106 Å². The summed E-state index contributed by atoms with van der Waals surface area (Å²) in [5, 5.41) is 4.15. The highest BCUT2D eigenvalue weighted by atomic mass is 32.1. The standard InChI is InChI=1S/C12H19N3OS/c1-8-11(17-9(2)14-8)12(16)15-5-4-10(7-15)6-13-3/h10,13H,4-7H2,1-3H3. The van der Waals surface area contributed by atoms with Crippen molar-refractivity contribution in [2.75, 3.05) is 26.7 Å². The Morgan fingerprint density at radius 1 is 1.59 bits per heavy atom. The van der Waals surface area contributed by atoms with E-state index in [1.165, 1.54) is 11.3 Å². The number of amides is 1. The minimum absolute atomic E-state index is 0.159. The molecule has 2 rings (SSSR count). The molecule has 0 spiro atoms. The second-order valence-corrected chi connectivity index (χ2v) is 5.81. The van der Waals surface area contributed by atoms with E-state index in [4.69, 9.17) is 0 Å². The number of hydrogen-bond acceptors (Lipinski definition) is 4. The maximum absolute atomic E-state index is 12.3. The van der Waals surface area contributed by atoms with E-state index in [-0.39, 0.29) is 5.91 Å². The number of thiazole rings is 1. The summed E-state index contributed by atoms with van der Waals surface area (Å²) in [5.74, 6) is 0.755. The number of carbonyl (C=O) groups is 1. The summed E-state index contributed by atoms with van der Waals surface area (Å²) in [6.45, 7) is 6.60. The lowest BCUT2D eigenvalue weighted by atomic mass is 10.1. The van der Waals surface area contributed by atoms with Gasteiger partial charge in [0.15, 0.2) is 0 Å². The van der Waals surface area contributed by atoms with Crippen LogP contribution in [-0.2, 0) is 0 Å². The van der Waals surface area contributed by atoms with Gasteiger partial charge in [-0.1, -0.05) is 0 Å². The molecule has 0 bridgehead atoms. The van der Waals surface area contributed by atoms with E-state index in [9.17, 15) is 4.79 Å². The van der Waals surface area contributed by atoms with E-state index in [2.05, 4.69) is 10.3 Å². The van der Waals surface area contributed by atoms with Gasteiger partial charge in [0.2, 0.25) is 0 Å². The minimum atomic E-state index is 0.159. The quantitative estimate of drug-likeness (QED) is 0.886. The zero-order valence-corrected chi connectivity index (χ0v) is 11.4. The van der Waals surface area contributed by atoms with Gasteiger partial charge < -0.3 is 10.2 Å². The molecule has 1 N–H and O–H groups in total. The summed E-state index contributed by atoms with van der Waals surface area (Å²) in [7, 11) is 1.96. The van der Waals surface area contributed by atoms with Crippen molar-refractivity contribution in [2.45, 2.75) is 20.3 Å². The van der Waals surface area contributed by atoms with Crippen LogP contribution in [0.25, 0.3) is 0 Å². The molecule has 0 saturated carbocycles. The molecular formula is C12H19N3OS. The molecule has 1 saturated heterocycles. The van der Waals surface area contributed by atoms with Crippen molar-refractivity contribution in [3.8, 4) is 0 Å². The summed E-state index contributed by atoms with van der Waals surface area (Å²) >= 11 is 1.51. The molecule has 94 valence electrons. The lowest BCUT2D eigenvalue weighted by Crippen LogP contribution is -2.30. The van der Waals surface area contributed by atoms with Crippen molar-refractivity contribution >= 4 is 17.2 Å². The Morgan fingerprint density at radius 2 is 2.35 bits per heavy atom. The monoisotopic (exact) mass is 253 g/mol. The number of nitrogens with one attached hydrogen (secondary N) is 1. The second kappa shape index (κ2) is 5.14. The predicted octanol–water partition coefficient (Wildman–Crippen LogP) is 1.44. The molecule has 0 aromatic carbocycles. The van der Waals surface area contributed by atoms with Crippen LogP contribution < -0.4 is 5.32 Å². The highest BCUT2D eigenvalue weighted by Gasteiger charge is 2.28. The highest BCUT2D eigenvalue weighted by molar-refractivity contribution is 7.13. The van der Waals surface area contributed by atoms with Crippen LogP contribution in [0.5, 0.6) is 0 Å². The van der Waals surface area contributed by atoms with Crippen LogP contribution in [-0.4, -0.2) is 42.5 Å². The Morgan fingerprint density at radius 3 is 2.94 bits per heavy atom. The molecule has 1 aliphatic heterocycles. The number of nitrogens with zero attached hydrogens (tertiary/aromatic N) is 2.